The number of alkyl halides is 1. The van der Waals surface area contributed by atoms with E-state index < -0.39 is 4.87 Å². The molecule has 0 saturated carbocycles. The van der Waals surface area contributed by atoms with Crippen molar-refractivity contribution >= 4 is 29.3 Å². The number of hydrogen-bond donors (Lipinski definition) is 1. The van der Waals surface area contributed by atoms with E-state index in [0.717, 1.165) is 0 Å². The minimum atomic E-state index is -0.761. The molecule has 0 aliphatic rings. The van der Waals surface area contributed by atoms with Gasteiger partial charge in [0.25, 0.3) is 0 Å². The molecule has 0 aliphatic heterocycles. The van der Waals surface area contributed by atoms with Crippen LogP contribution < -0.4 is 0 Å². The van der Waals surface area contributed by atoms with Crippen molar-refractivity contribution in [2.45, 2.75) is 25.1 Å². The van der Waals surface area contributed by atoms with Gasteiger partial charge in [0.1, 0.15) is 4.87 Å². The Balaban J connectivity index is 3.91. The van der Waals surface area contributed by atoms with Crippen LogP contribution in [0.4, 0.5) is 0 Å². The molecule has 48 valence electrons. The summed E-state index contributed by atoms with van der Waals surface area (Å²) in [6.45, 7) is 3.50. The predicted molar refractivity (Wildman–Crippen MR) is 38.5 cm³/mol. The summed E-state index contributed by atoms with van der Waals surface area (Å²) in [4.78, 5) is 9.67. The van der Waals surface area contributed by atoms with Crippen molar-refractivity contribution in [3.63, 3.8) is 0 Å². The molecule has 0 saturated heterocycles. The standard InChI is InChI=1S/C5H9ClOS/c1-3-5(2,6)4(7)8/h3H2,1-2H3,(H,7,8). The number of hydrogen-bond acceptors (Lipinski definition) is 1. The van der Waals surface area contributed by atoms with Gasteiger partial charge in [-0.05, 0) is 13.3 Å². The number of rotatable bonds is 2. The number of thiol groups is 1. The maximum absolute atomic E-state index is 10.4. The lowest BCUT2D eigenvalue weighted by Crippen LogP contribution is -2.22. The molecule has 1 nitrogen and oxygen atoms in total. The van der Waals surface area contributed by atoms with Gasteiger partial charge < -0.3 is 0 Å². The van der Waals surface area contributed by atoms with E-state index in [-0.39, 0.29) is 5.12 Å². The van der Waals surface area contributed by atoms with Crippen molar-refractivity contribution in [3.05, 3.63) is 0 Å². The summed E-state index contributed by atoms with van der Waals surface area (Å²) in [5.74, 6) is 0. The van der Waals surface area contributed by atoms with E-state index >= 15 is 0 Å². The molecule has 0 aromatic carbocycles. The van der Waals surface area contributed by atoms with Crippen molar-refractivity contribution in [1.29, 1.82) is 0 Å². The van der Waals surface area contributed by atoms with Gasteiger partial charge in [0.15, 0.2) is 0 Å². The number of halogens is 1. The minimum absolute atomic E-state index is 0.262. The summed E-state index contributed by atoms with van der Waals surface area (Å²) >= 11 is 9.22. The Bertz CT molecular complexity index is 101. The van der Waals surface area contributed by atoms with E-state index in [1.165, 1.54) is 0 Å². The highest BCUT2D eigenvalue weighted by Crippen LogP contribution is 2.20. The smallest absolute Gasteiger partial charge is 0.206 e. The molecular formula is C5H9ClOS. The molecule has 1 unspecified atom stereocenters. The molecule has 0 aromatic rings. The summed E-state index contributed by atoms with van der Waals surface area (Å²) in [6.07, 6.45) is 0.622. The minimum Gasteiger partial charge on any atom is -0.285 e. The molecule has 8 heavy (non-hydrogen) atoms. The van der Waals surface area contributed by atoms with E-state index in [0.29, 0.717) is 6.42 Å². The summed E-state index contributed by atoms with van der Waals surface area (Å²) < 4.78 is 0. The first-order valence-corrected chi connectivity index (χ1v) is 3.25. The molecule has 0 amide bonds. The molecule has 0 heterocycles. The summed E-state index contributed by atoms with van der Waals surface area (Å²) in [5.41, 5.74) is 0. The fourth-order valence-corrected chi connectivity index (χ4v) is 0.309. The van der Waals surface area contributed by atoms with Crippen LogP contribution in [0.2, 0.25) is 0 Å². The zero-order valence-electron chi connectivity index (χ0n) is 4.94. The molecular weight excluding hydrogens is 144 g/mol. The first-order valence-electron chi connectivity index (χ1n) is 2.43. The van der Waals surface area contributed by atoms with Crippen molar-refractivity contribution < 1.29 is 4.79 Å². The summed E-state index contributed by atoms with van der Waals surface area (Å²) in [6, 6.07) is 0. The van der Waals surface area contributed by atoms with Gasteiger partial charge in [0.05, 0.1) is 0 Å². The van der Waals surface area contributed by atoms with Crippen LogP contribution in [0.25, 0.3) is 0 Å². The van der Waals surface area contributed by atoms with Crippen LogP contribution in [-0.2, 0) is 4.79 Å². The van der Waals surface area contributed by atoms with Gasteiger partial charge in [0, 0.05) is 0 Å². The van der Waals surface area contributed by atoms with Crippen molar-refractivity contribution in [3.8, 4) is 0 Å². The monoisotopic (exact) mass is 152 g/mol. The van der Waals surface area contributed by atoms with Crippen LogP contribution >= 0.6 is 24.2 Å². The normalized spacial score (nSPS) is 17.5. The van der Waals surface area contributed by atoms with Gasteiger partial charge >= 0.3 is 0 Å². The van der Waals surface area contributed by atoms with E-state index in [1.54, 1.807) is 6.92 Å². The zero-order chi connectivity index (χ0) is 6.78. The highest BCUT2D eigenvalue weighted by Gasteiger charge is 2.24. The van der Waals surface area contributed by atoms with Crippen LogP contribution in [0.3, 0.4) is 0 Å². The molecule has 0 radical (unpaired) electrons. The van der Waals surface area contributed by atoms with Crippen molar-refractivity contribution in [2.75, 3.05) is 0 Å². The van der Waals surface area contributed by atoms with Gasteiger partial charge in [0.2, 0.25) is 5.12 Å². The molecule has 0 aliphatic carbocycles. The first kappa shape index (κ1) is 8.31. The lowest BCUT2D eigenvalue weighted by molar-refractivity contribution is -0.112. The lowest BCUT2D eigenvalue weighted by Gasteiger charge is -2.12. The Morgan fingerprint density at radius 3 is 2.25 bits per heavy atom. The quantitative estimate of drug-likeness (QED) is 0.472. The highest BCUT2D eigenvalue weighted by molar-refractivity contribution is 7.97. The zero-order valence-corrected chi connectivity index (χ0v) is 6.59. The predicted octanol–water partition coefficient (Wildman–Crippen LogP) is 1.85. The molecule has 0 aromatic heterocycles. The molecule has 0 spiro atoms. The van der Waals surface area contributed by atoms with Crippen LogP contribution in [0.5, 0.6) is 0 Å². The van der Waals surface area contributed by atoms with Gasteiger partial charge in [-0.2, -0.15) is 0 Å². The number of carbonyl (C=O) groups excluding carboxylic acids is 1. The van der Waals surface area contributed by atoms with E-state index in [1.807, 2.05) is 6.92 Å². The second-order valence-corrected chi connectivity index (χ2v) is 3.10. The Labute approximate surface area is 59.8 Å². The van der Waals surface area contributed by atoms with Crippen LogP contribution in [-0.4, -0.2) is 9.99 Å². The fraction of sp³-hybridized carbons (Fsp3) is 0.800. The van der Waals surface area contributed by atoms with Crippen LogP contribution in [0.1, 0.15) is 20.3 Å². The molecule has 3 heteroatoms. The van der Waals surface area contributed by atoms with Gasteiger partial charge in [-0.25, -0.2) is 0 Å². The van der Waals surface area contributed by atoms with Crippen molar-refractivity contribution in [1.82, 2.24) is 0 Å². The third-order valence-corrected chi connectivity index (χ3v) is 2.17. The van der Waals surface area contributed by atoms with E-state index in [9.17, 15) is 4.79 Å². The van der Waals surface area contributed by atoms with Crippen molar-refractivity contribution in [2.24, 2.45) is 0 Å². The SMILES string of the molecule is CCC(C)(Cl)C(=O)S. The molecule has 0 fully saturated rings. The summed E-state index contributed by atoms with van der Waals surface area (Å²) in [7, 11) is 0. The van der Waals surface area contributed by atoms with E-state index in [2.05, 4.69) is 12.6 Å². The Morgan fingerprint density at radius 1 is 1.88 bits per heavy atom. The highest BCUT2D eigenvalue weighted by atomic mass is 35.5. The van der Waals surface area contributed by atoms with Gasteiger partial charge in [-0.15, -0.1) is 24.2 Å². The largest absolute Gasteiger partial charge is 0.285 e. The maximum Gasteiger partial charge on any atom is 0.206 e. The molecule has 0 bridgehead atoms. The third kappa shape index (κ3) is 2.05. The second kappa shape index (κ2) is 2.74. The lowest BCUT2D eigenvalue weighted by atomic mass is 10.1. The Hall–Kier alpha value is 0.310. The average molecular weight is 153 g/mol. The Morgan fingerprint density at radius 2 is 2.25 bits per heavy atom. The molecule has 0 N–H and O–H groups in total. The van der Waals surface area contributed by atoms with Crippen LogP contribution in [0, 0.1) is 0 Å². The van der Waals surface area contributed by atoms with Gasteiger partial charge in [-0.3, -0.25) is 4.79 Å². The van der Waals surface area contributed by atoms with Gasteiger partial charge in [-0.1, -0.05) is 6.92 Å². The third-order valence-electron chi connectivity index (χ3n) is 1.11. The first-order chi connectivity index (χ1) is 3.50. The average Bonchev–Trinajstić information content (AvgIpc) is 1.67. The second-order valence-electron chi connectivity index (χ2n) is 1.86. The maximum atomic E-state index is 10.4. The molecule has 0 rings (SSSR count). The van der Waals surface area contributed by atoms with Crippen LogP contribution in [0.15, 0.2) is 0 Å². The summed E-state index contributed by atoms with van der Waals surface area (Å²) in [5, 5.41) is -0.262. The fourth-order valence-electron chi connectivity index (χ4n) is 0.151. The number of carbonyl (C=O) groups is 1. The molecule has 1 atom stereocenters. The van der Waals surface area contributed by atoms with E-state index in [4.69, 9.17) is 11.6 Å². The topological polar surface area (TPSA) is 17.1 Å². The Kier molecular flexibility index (Phi) is 2.84.